The quantitative estimate of drug-likeness (QED) is 0.865. The Morgan fingerprint density at radius 3 is 2.76 bits per heavy atom. The molecule has 0 saturated carbocycles. The number of hydrogen-bond donors (Lipinski definition) is 1. The predicted octanol–water partition coefficient (Wildman–Crippen LogP) is 2.79. The molecule has 1 aliphatic heterocycles. The summed E-state index contributed by atoms with van der Waals surface area (Å²) >= 11 is 0. The minimum absolute atomic E-state index is 0.0338. The summed E-state index contributed by atoms with van der Waals surface area (Å²) in [6.45, 7) is 5.25. The van der Waals surface area contributed by atoms with Crippen molar-refractivity contribution in [2.75, 3.05) is 13.1 Å². The van der Waals surface area contributed by atoms with E-state index in [2.05, 4.69) is 12.1 Å². The van der Waals surface area contributed by atoms with Gasteiger partial charge in [-0.3, -0.25) is 4.79 Å². The van der Waals surface area contributed by atoms with Crippen molar-refractivity contribution in [2.45, 2.75) is 39.2 Å². The number of carbonyl (C=O) groups is 1. The number of aryl methyl sites for hydroxylation is 1. The predicted molar refractivity (Wildman–Crippen MR) is 84.9 cm³/mol. The fraction of sp³-hybridized carbons (Fsp3) is 0.500. The molecule has 1 heterocycles. The monoisotopic (exact) mass is 287 g/mol. The van der Waals surface area contributed by atoms with Crippen LogP contribution in [0.2, 0.25) is 0 Å². The normalized spacial score (nSPS) is 23.2. The minimum Gasteiger partial charge on any atom is -0.391 e. The molecule has 1 amide bonds. The number of aliphatic hydroxyl groups is 1. The number of aliphatic hydroxyl groups excluding tert-OH is 1. The molecule has 3 nitrogen and oxygen atoms in total. The highest BCUT2D eigenvalue weighted by molar-refractivity contribution is 5.88. The van der Waals surface area contributed by atoms with Crippen LogP contribution in [0.25, 0.3) is 0 Å². The Balaban J connectivity index is 1.85. The molecule has 0 aliphatic carbocycles. The molecule has 1 saturated heterocycles. The Labute approximate surface area is 127 Å². The maximum Gasteiger partial charge on any atom is 0.246 e. The van der Waals surface area contributed by atoms with Gasteiger partial charge in [0, 0.05) is 19.2 Å². The number of carbonyl (C=O) groups excluding carboxylic acids is 1. The van der Waals surface area contributed by atoms with Gasteiger partial charge >= 0.3 is 0 Å². The minimum atomic E-state index is -0.388. The first kappa shape index (κ1) is 15.8. The van der Waals surface area contributed by atoms with E-state index in [9.17, 15) is 9.90 Å². The first-order chi connectivity index (χ1) is 10.1. The molecule has 0 spiro atoms. The Morgan fingerprint density at radius 1 is 1.38 bits per heavy atom. The second kappa shape index (κ2) is 7.41. The van der Waals surface area contributed by atoms with Crippen molar-refractivity contribution in [1.82, 2.24) is 4.90 Å². The molecular weight excluding hydrogens is 262 g/mol. The van der Waals surface area contributed by atoms with Gasteiger partial charge in [0.2, 0.25) is 5.91 Å². The lowest BCUT2D eigenvalue weighted by Gasteiger charge is -2.33. The zero-order valence-electron chi connectivity index (χ0n) is 13.0. The molecule has 2 rings (SSSR count). The summed E-state index contributed by atoms with van der Waals surface area (Å²) in [5, 5.41) is 9.87. The van der Waals surface area contributed by atoms with Gasteiger partial charge in [0.1, 0.15) is 0 Å². The summed E-state index contributed by atoms with van der Waals surface area (Å²) in [6, 6.07) is 10.3. The van der Waals surface area contributed by atoms with Crippen LogP contribution in [0.1, 0.15) is 32.3 Å². The highest BCUT2D eigenvalue weighted by atomic mass is 16.3. The van der Waals surface area contributed by atoms with Crippen LogP contribution in [0.5, 0.6) is 0 Å². The van der Waals surface area contributed by atoms with E-state index in [-0.39, 0.29) is 17.9 Å². The summed E-state index contributed by atoms with van der Waals surface area (Å²) in [5.41, 5.74) is 2.39. The second-order valence-electron chi connectivity index (χ2n) is 6.09. The fourth-order valence-electron chi connectivity index (χ4n) is 2.61. The van der Waals surface area contributed by atoms with E-state index in [4.69, 9.17) is 0 Å². The van der Waals surface area contributed by atoms with Gasteiger partial charge in [-0.2, -0.15) is 0 Å². The summed E-state index contributed by atoms with van der Waals surface area (Å²) in [5.74, 6) is 0.323. The molecule has 1 aromatic carbocycles. The molecule has 21 heavy (non-hydrogen) atoms. The van der Waals surface area contributed by atoms with Crippen LogP contribution in [-0.2, 0) is 11.2 Å². The summed E-state index contributed by atoms with van der Waals surface area (Å²) in [6.07, 6.45) is 4.06. The molecule has 1 fully saturated rings. The molecule has 1 aliphatic rings. The van der Waals surface area contributed by atoms with Crippen molar-refractivity contribution in [3.8, 4) is 0 Å². The van der Waals surface area contributed by atoms with E-state index in [1.54, 1.807) is 11.0 Å². The van der Waals surface area contributed by atoms with E-state index in [1.165, 1.54) is 5.56 Å². The first-order valence-corrected chi connectivity index (χ1v) is 7.74. The molecular formula is C18H25NO2. The molecule has 1 aromatic rings. The average molecular weight is 287 g/mol. The third-order valence-electron chi connectivity index (χ3n) is 4.25. The van der Waals surface area contributed by atoms with Crippen molar-refractivity contribution in [2.24, 2.45) is 5.92 Å². The molecule has 1 N–H and O–H groups in total. The Hall–Kier alpha value is -1.61. The Bertz CT molecular complexity index is 495. The van der Waals surface area contributed by atoms with Crippen LogP contribution in [0.15, 0.2) is 42.0 Å². The number of benzene rings is 1. The smallest absolute Gasteiger partial charge is 0.246 e. The third-order valence-corrected chi connectivity index (χ3v) is 4.25. The SMILES string of the molecule is C/C(=C/C(=O)N1CCC(C)C(O)C1)CCc1ccccc1. The van der Waals surface area contributed by atoms with Gasteiger partial charge < -0.3 is 10.0 Å². The highest BCUT2D eigenvalue weighted by Gasteiger charge is 2.26. The zero-order chi connectivity index (χ0) is 15.2. The number of β-amino-alcohol motifs (C(OH)–C–C–N with tert-alkyl or cyclic N) is 1. The number of allylic oxidation sites excluding steroid dienone is 1. The number of hydrogen-bond acceptors (Lipinski definition) is 2. The molecule has 0 bridgehead atoms. The molecule has 0 radical (unpaired) electrons. The van der Waals surface area contributed by atoms with Crippen LogP contribution in [0, 0.1) is 5.92 Å². The van der Waals surface area contributed by atoms with Crippen molar-refractivity contribution in [3.63, 3.8) is 0 Å². The van der Waals surface area contributed by atoms with Gasteiger partial charge in [-0.15, -0.1) is 0 Å². The van der Waals surface area contributed by atoms with Gasteiger partial charge in [0.05, 0.1) is 6.10 Å². The van der Waals surface area contributed by atoms with Crippen molar-refractivity contribution >= 4 is 5.91 Å². The average Bonchev–Trinajstić information content (AvgIpc) is 2.49. The van der Waals surface area contributed by atoms with Gasteiger partial charge in [0.15, 0.2) is 0 Å². The van der Waals surface area contributed by atoms with E-state index in [1.807, 2.05) is 32.0 Å². The maximum absolute atomic E-state index is 12.2. The van der Waals surface area contributed by atoms with Crippen molar-refractivity contribution < 1.29 is 9.90 Å². The van der Waals surface area contributed by atoms with E-state index in [0.29, 0.717) is 6.54 Å². The largest absolute Gasteiger partial charge is 0.391 e. The lowest BCUT2D eigenvalue weighted by Crippen LogP contribution is -2.45. The molecule has 2 unspecified atom stereocenters. The summed E-state index contributed by atoms with van der Waals surface area (Å²) in [7, 11) is 0. The maximum atomic E-state index is 12.2. The number of nitrogens with zero attached hydrogens (tertiary/aromatic N) is 1. The topological polar surface area (TPSA) is 40.5 Å². The highest BCUT2D eigenvalue weighted by Crippen LogP contribution is 2.18. The van der Waals surface area contributed by atoms with E-state index < -0.39 is 0 Å². The molecule has 2 atom stereocenters. The van der Waals surface area contributed by atoms with Gasteiger partial charge in [0.25, 0.3) is 0 Å². The lowest BCUT2D eigenvalue weighted by atomic mass is 9.96. The second-order valence-corrected chi connectivity index (χ2v) is 6.09. The third kappa shape index (κ3) is 4.71. The number of amides is 1. The van der Waals surface area contributed by atoms with Crippen LogP contribution in [0.4, 0.5) is 0 Å². The van der Waals surface area contributed by atoms with Crippen molar-refractivity contribution in [1.29, 1.82) is 0 Å². The number of piperidine rings is 1. The van der Waals surface area contributed by atoms with Crippen LogP contribution >= 0.6 is 0 Å². The Morgan fingerprint density at radius 2 is 2.10 bits per heavy atom. The summed E-state index contributed by atoms with van der Waals surface area (Å²) < 4.78 is 0. The number of likely N-dealkylation sites (tertiary alicyclic amines) is 1. The molecule has 0 aromatic heterocycles. The lowest BCUT2D eigenvalue weighted by molar-refractivity contribution is -0.130. The Kier molecular flexibility index (Phi) is 5.57. The van der Waals surface area contributed by atoms with E-state index in [0.717, 1.165) is 31.4 Å². The standard InChI is InChI=1S/C18H25NO2/c1-14(8-9-16-6-4-3-5-7-16)12-18(21)19-11-10-15(2)17(20)13-19/h3-7,12,15,17,20H,8-11,13H2,1-2H3/b14-12-. The summed E-state index contributed by atoms with van der Waals surface area (Å²) in [4.78, 5) is 14.0. The van der Waals surface area contributed by atoms with Gasteiger partial charge in [-0.1, -0.05) is 42.8 Å². The molecule has 114 valence electrons. The first-order valence-electron chi connectivity index (χ1n) is 7.74. The van der Waals surface area contributed by atoms with E-state index >= 15 is 0 Å². The number of rotatable bonds is 4. The van der Waals surface area contributed by atoms with Gasteiger partial charge in [-0.05, 0) is 37.7 Å². The molecule has 3 heteroatoms. The van der Waals surface area contributed by atoms with Crippen LogP contribution < -0.4 is 0 Å². The van der Waals surface area contributed by atoms with Crippen molar-refractivity contribution in [3.05, 3.63) is 47.5 Å². The van der Waals surface area contributed by atoms with Crippen LogP contribution in [-0.4, -0.2) is 35.1 Å². The van der Waals surface area contributed by atoms with Crippen LogP contribution in [0.3, 0.4) is 0 Å². The zero-order valence-corrected chi connectivity index (χ0v) is 13.0. The van der Waals surface area contributed by atoms with Gasteiger partial charge in [-0.25, -0.2) is 0 Å². The fourth-order valence-corrected chi connectivity index (χ4v) is 2.61.